The van der Waals surface area contributed by atoms with Crippen LogP contribution in [0, 0.1) is 6.92 Å². The van der Waals surface area contributed by atoms with Gasteiger partial charge in [0, 0.05) is 12.1 Å². The van der Waals surface area contributed by atoms with Crippen LogP contribution in [0.2, 0.25) is 0 Å². The van der Waals surface area contributed by atoms with Crippen LogP contribution in [0.15, 0.2) is 18.2 Å². The van der Waals surface area contributed by atoms with Crippen LogP contribution in [-0.4, -0.2) is 5.91 Å². The molecule has 16 heavy (non-hydrogen) atoms. The standard InChI is InChI=1S/C11H12F3NO/c1-3-10(16)15-8-5-4-7(2)9(6-8)11(12,13)14/h4-6H,3H2,1-2H3,(H,15,16). The number of nitrogens with one attached hydrogen (secondary N) is 1. The smallest absolute Gasteiger partial charge is 0.326 e. The fraction of sp³-hybridized carbons (Fsp3) is 0.364. The molecular formula is C11H12F3NO. The van der Waals surface area contributed by atoms with Crippen molar-refractivity contribution in [1.29, 1.82) is 0 Å². The highest BCUT2D eigenvalue weighted by molar-refractivity contribution is 5.90. The topological polar surface area (TPSA) is 29.1 Å². The van der Waals surface area contributed by atoms with E-state index in [9.17, 15) is 18.0 Å². The Labute approximate surface area is 91.5 Å². The van der Waals surface area contributed by atoms with Gasteiger partial charge in [-0.1, -0.05) is 13.0 Å². The number of carbonyl (C=O) groups excluding carboxylic acids is 1. The summed E-state index contributed by atoms with van der Waals surface area (Å²) >= 11 is 0. The zero-order chi connectivity index (χ0) is 12.3. The zero-order valence-corrected chi connectivity index (χ0v) is 8.98. The number of halogens is 3. The van der Waals surface area contributed by atoms with Crippen LogP contribution in [0.5, 0.6) is 0 Å². The summed E-state index contributed by atoms with van der Waals surface area (Å²) in [4.78, 5) is 11.0. The van der Waals surface area contributed by atoms with Crippen LogP contribution in [0.25, 0.3) is 0 Å². The molecule has 0 aliphatic heterocycles. The van der Waals surface area contributed by atoms with Gasteiger partial charge in [0.1, 0.15) is 0 Å². The first-order chi connectivity index (χ1) is 7.34. The largest absolute Gasteiger partial charge is 0.416 e. The van der Waals surface area contributed by atoms with E-state index in [4.69, 9.17) is 0 Å². The molecule has 1 amide bonds. The fourth-order valence-corrected chi connectivity index (χ4v) is 1.25. The van der Waals surface area contributed by atoms with Gasteiger partial charge in [0.15, 0.2) is 0 Å². The Morgan fingerprint density at radius 3 is 2.50 bits per heavy atom. The minimum atomic E-state index is -4.39. The third-order valence-corrected chi connectivity index (χ3v) is 2.15. The minimum Gasteiger partial charge on any atom is -0.326 e. The van der Waals surface area contributed by atoms with Gasteiger partial charge in [0.05, 0.1) is 5.56 Å². The van der Waals surface area contributed by atoms with E-state index in [-0.39, 0.29) is 23.6 Å². The van der Waals surface area contributed by atoms with Gasteiger partial charge in [-0.2, -0.15) is 13.2 Å². The van der Waals surface area contributed by atoms with Crippen LogP contribution in [0.3, 0.4) is 0 Å². The third-order valence-electron chi connectivity index (χ3n) is 2.15. The maximum atomic E-state index is 12.5. The van der Waals surface area contributed by atoms with Gasteiger partial charge in [0.25, 0.3) is 0 Å². The minimum absolute atomic E-state index is 0.141. The van der Waals surface area contributed by atoms with E-state index < -0.39 is 11.7 Å². The summed E-state index contributed by atoms with van der Waals surface area (Å²) in [5, 5.41) is 2.39. The van der Waals surface area contributed by atoms with E-state index in [1.165, 1.54) is 19.1 Å². The molecular weight excluding hydrogens is 219 g/mol. The summed E-state index contributed by atoms with van der Waals surface area (Å²) in [7, 11) is 0. The second-order valence-electron chi connectivity index (χ2n) is 3.43. The SMILES string of the molecule is CCC(=O)Nc1ccc(C)c(C(F)(F)F)c1. The van der Waals surface area contributed by atoms with Gasteiger partial charge in [-0.3, -0.25) is 4.79 Å². The van der Waals surface area contributed by atoms with Crippen molar-refractivity contribution in [1.82, 2.24) is 0 Å². The molecule has 0 aromatic heterocycles. The molecule has 0 spiro atoms. The Morgan fingerprint density at radius 2 is 2.00 bits per heavy atom. The molecule has 0 aliphatic carbocycles. The average molecular weight is 231 g/mol. The Hall–Kier alpha value is -1.52. The van der Waals surface area contributed by atoms with Crippen LogP contribution < -0.4 is 5.32 Å². The summed E-state index contributed by atoms with van der Waals surface area (Å²) < 4.78 is 37.6. The van der Waals surface area contributed by atoms with E-state index in [0.717, 1.165) is 6.07 Å². The van der Waals surface area contributed by atoms with Crippen LogP contribution in [0.1, 0.15) is 24.5 Å². The molecule has 0 aliphatic rings. The molecule has 1 aromatic carbocycles. The highest BCUT2D eigenvalue weighted by atomic mass is 19.4. The third kappa shape index (κ3) is 2.98. The van der Waals surface area contributed by atoms with Crippen molar-refractivity contribution in [3.05, 3.63) is 29.3 Å². The molecule has 0 radical (unpaired) electrons. The van der Waals surface area contributed by atoms with E-state index in [1.807, 2.05) is 0 Å². The molecule has 1 rings (SSSR count). The summed E-state index contributed by atoms with van der Waals surface area (Å²) in [6.45, 7) is 3.02. The quantitative estimate of drug-likeness (QED) is 0.830. The van der Waals surface area contributed by atoms with E-state index >= 15 is 0 Å². The molecule has 5 heteroatoms. The summed E-state index contributed by atoms with van der Waals surface area (Å²) in [6, 6.07) is 3.75. The molecule has 0 saturated carbocycles. The van der Waals surface area contributed by atoms with Crippen molar-refractivity contribution >= 4 is 11.6 Å². The molecule has 0 heterocycles. The van der Waals surface area contributed by atoms with Gasteiger partial charge in [-0.05, 0) is 24.6 Å². The number of benzene rings is 1. The predicted octanol–water partition coefficient (Wildman–Crippen LogP) is 3.36. The molecule has 88 valence electrons. The molecule has 0 unspecified atom stereocenters. The lowest BCUT2D eigenvalue weighted by Gasteiger charge is -2.12. The monoisotopic (exact) mass is 231 g/mol. The highest BCUT2D eigenvalue weighted by Crippen LogP contribution is 2.33. The maximum Gasteiger partial charge on any atom is 0.416 e. The first-order valence-corrected chi connectivity index (χ1v) is 4.82. The second kappa shape index (κ2) is 4.55. The summed E-state index contributed by atoms with van der Waals surface area (Å²) in [6.07, 6.45) is -4.16. The van der Waals surface area contributed by atoms with E-state index in [1.54, 1.807) is 6.92 Å². The number of anilines is 1. The Kier molecular flexibility index (Phi) is 3.57. The highest BCUT2D eigenvalue weighted by Gasteiger charge is 2.32. The zero-order valence-electron chi connectivity index (χ0n) is 8.98. The molecule has 0 fully saturated rings. The normalized spacial score (nSPS) is 11.3. The molecule has 2 nitrogen and oxygen atoms in total. The molecule has 0 bridgehead atoms. The predicted molar refractivity (Wildman–Crippen MR) is 55.1 cm³/mol. The Balaban J connectivity index is 3.03. The summed E-state index contributed by atoms with van der Waals surface area (Å²) in [5.41, 5.74) is -0.409. The van der Waals surface area contributed by atoms with Gasteiger partial charge < -0.3 is 5.32 Å². The van der Waals surface area contributed by atoms with Crippen molar-refractivity contribution in [2.24, 2.45) is 0 Å². The van der Waals surface area contributed by atoms with Crippen molar-refractivity contribution in [3.8, 4) is 0 Å². The lowest BCUT2D eigenvalue weighted by atomic mass is 10.1. The van der Waals surface area contributed by atoms with E-state index in [2.05, 4.69) is 5.32 Å². The first kappa shape index (κ1) is 12.5. The van der Waals surface area contributed by atoms with Gasteiger partial charge in [-0.25, -0.2) is 0 Å². The van der Waals surface area contributed by atoms with Crippen molar-refractivity contribution in [2.45, 2.75) is 26.4 Å². The fourth-order valence-electron chi connectivity index (χ4n) is 1.25. The van der Waals surface area contributed by atoms with Crippen LogP contribution in [0.4, 0.5) is 18.9 Å². The number of amides is 1. The number of aryl methyl sites for hydroxylation is 1. The van der Waals surface area contributed by atoms with Crippen molar-refractivity contribution in [3.63, 3.8) is 0 Å². The van der Waals surface area contributed by atoms with Crippen LogP contribution in [-0.2, 0) is 11.0 Å². The van der Waals surface area contributed by atoms with Crippen molar-refractivity contribution < 1.29 is 18.0 Å². The number of alkyl halides is 3. The van der Waals surface area contributed by atoms with Gasteiger partial charge >= 0.3 is 6.18 Å². The van der Waals surface area contributed by atoms with Gasteiger partial charge in [-0.15, -0.1) is 0 Å². The lowest BCUT2D eigenvalue weighted by Crippen LogP contribution is -2.12. The molecule has 1 N–H and O–H groups in total. The second-order valence-corrected chi connectivity index (χ2v) is 3.43. The molecule has 1 aromatic rings. The summed E-state index contributed by atoms with van der Waals surface area (Å²) in [5.74, 6) is -0.308. The lowest BCUT2D eigenvalue weighted by molar-refractivity contribution is -0.138. The van der Waals surface area contributed by atoms with Crippen molar-refractivity contribution in [2.75, 3.05) is 5.32 Å². The molecule has 0 atom stereocenters. The number of hydrogen-bond donors (Lipinski definition) is 1. The van der Waals surface area contributed by atoms with Crippen LogP contribution >= 0.6 is 0 Å². The average Bonchev–Trinajstić information content (AvgIpc) is 2.19. The maximum absolute atomic E-state index is 12.5. The number of carbonyl (C=O) groups is 1. The number of hydrogen-bond acceptors (Lipinski definition) is 1. The van der Waals surface area contributed by atoms with E-state index in [0.29, 0.717) is 0 Å². The van der Waals surface area contributed by atoms with Gasteiger partial charge in [0.2, 0.25) is 5.91 Å². The molecule has 0 saturated heterocycles. The Bertz CT molecular complexity index is 399. The first-order valence-electron chi connectivity index (χ1n) is 4.82. The number of rotatable bonds is 2. The Morgan fingerprint density at radius 1 is 1.38 bits per heavy atom.